The molecule has 3 aromatic carbocycles. The Morgan fingerprint density at radius 1 is 1.03 bits per heavy atom. The summed E-state index contributed by atoms with van der Waals surface area (Å²) in [5.74, 6) is -0.893. The Morgan fingerprint density at radius 3 is 2.47 bits per heavy atom. The lowest BCUT2D eigenvalue weighted by Gasteiger charge is -2.27. The summed E-state index contributed by atoms with van der Waals surface area (Å²) in [5, 5.41) is 12.9. The molecule has 8 nitrogen and oxygen atoms in total. The molecule has 0 unspecified atom stereocenters. The fourth-order valence-corrected chi connectivity index (χ4v) is 4.43. The van der Waals surface area contributed by atoms with Crippen LogP contribution in [0.15, 0.2) is 66.7 Å². The van der Waals surface area contributed by atoms with Crippen LogP contribution in [0.2, 0.25) is 0 Å². The zero-order valence-corrected chi connectivity index (χ0v) is 21.5. The Bertz CT molecular complexity index is 1470. The third-order valence-electron chi connectivity index (χ3n) is 6.25. The highest BCUT2D eigenvalue weighted by Gasteiger charge is 2.30. The Labute approximate surface area is 225 Å². The van der Waals surface area contributed by atoms with E-state index in [1.807, 2.05) is 30.3 Å². The number of nitrogens with one attached hydrogen (secondary N) is 1. The number of para-hydroxylation sites is 1. The average Bonchev–Trinajstić information content (AvgIpc) is 3.23. The lowest BCUT2D eigenvalue weighted by molar-refractivity contribution is -0.139. The third-order valence-corrected chi connectivity index (χ3v) is 6.25. The molecule has 0 saturated carbocycles. The third kappa shape index (κ3) is 5.44. The van der Waals surface area contributed by atoms with Crippen LogP contribution >= 0.6 is 12.4 Å². The van der Waals surface area contributed by atoms with Crippen LogP contribution in [0.3, 0.4) is 0 Å². The number of aliphatic carboxylic acids is 1. The van der Waals surface area contributed by atoms with Gasteiger partial charge in [-0.2, -0.15) is 0 Å². The number of carboxylic acids is 1. The molecule has 38 heavy (non-hydrogen) atoms. The summed E-state index contributed by atoms with van der Waals surface area (Å²) in [4.78, 5) is 26.8. The lowest BCUT2D eigenvalue weighted by Crippen LogP contribution is -2.46. The summed E-state index contributed by atoms with van der Waals surface area (Å²) in [7, 11) is 0. The van der Waals surface area contributed by atoms with E-state index >= 15 is 0 Å². The monoisotopic (exact) mass is 539 g/mol. The molecule has 2 N–H and O–H groups in total. The van der Waals surface area contributed by atoms with Crippen molar-refractivity contribution in [2.24, 2.45) is 0 Å². The second kappa shape index (κ2) is 11.5. The number of rotatable bonds is 7. The second-order valence-corrected chi connectivity index (χ2v) is 8.77. The van der Waals surface area contributed by atoms with Crippen molar-refractivity contribution in [3.8, 4) is 23.1 Å². The minimum absolute atomic E-state index is 0. The van der Waals surface area contributed by atoms with Crippen LogP contribution in [0.25, 0.3) is 16.6 Å². The largest absolute Gasteiger partial charge is 0.482 e. The molecule has 0 radical (unpaired) electrons. The van der Waals surface area contributed by atoms with Crippen LogP contribution in [0.4, 0.5) is 4.39 Å². The van der Waals surface area contributed by atoms with E-state index in [1.54, 1.807) is 40.7 Å². The van der Waals surface area contributed by atoms with Crippen molar-refractivity contribution in [1.82, 2.24) is 14.8 Å². The first-order valence-corrected chi connectivity index (χ1v) is 11.9. The van der Waals surface area contributed by atoms with E-state index in [4.69, 9.17) is 14.6 Å². The number of carbonyl (C=O) groups is 2. The highest BCUT2D eigenvalue weighted by atomic mass is 35.5. The lowest BCUT2D eigenvalue weighted by atomic mass is 10.1. The molecular weight excluding hydrogens is 513 g/mol. The predicted octanol–water partition coefficient (Wildman–Crippen LogP) is 4.80. The van der Waals surface area contributed by atoms with Gasteiger partial charge in [-0.15, -0.1) is 12.4 Å². The summed E-state index contributed by atoms with van der Waals surface area (Å²) in [6.07, 6.45) is 0. The maximum atomic E-state index is 14.2. The fraction of sp³-hybridized carbons (Fsp3) is 0.214. The summed E-state index contributed by atoms with van der Waals surface area (Å²) in [6, 6.07) is 18.7. The highest BCUT2D eigenvalue weighted by Crippen LogP contribution is 2.40. The number of hydrogen-bond donors (Lipinski definition) is 2. The first-order chi connectivity index (χ1) is 17.9. The van der Waals surface area contributed by atoms with Crippen LogP contribution in [0, 0.1) is 12.7 Å². The Kier molecular flexibility index (Phi) is 8.19. The molecule has 1 aromatic heterocycles. The highest BCUT2D eigenvalue weighted by molar-refractivity contribution is 6.10. The van der Waals surface area contributed by atoms with E-state index in [0.29, 0.717) is 59.6 Å². The van der Waals surface area contributed by atoms with Crippen LogP contribution in [0.1, 0.15) is 15.9 Å². The van der Waals surface area contributed by atoms with E-state index < -0.39 is 18.4 Å². The number of aromatic nitrogens is 1. The van der Waals surface area contributed by atoms with Crippen LogP contribution in [-0.4, -0.2) is 59.2 Å². The Hall–Kier alpha value is -4.08. The van der Waals surface area contributed by atoms with E-state index in [9.17, 15) is 14.0 Å². The molecule has 0 bridgehead atoms. The smallest absolute Gasteiger partial charge is 0.341 e. The van der Waals surface area contributed by atoms with Crippen molar-refractivity contribution in [1.29, 1.82) is 0 Å². The molecule has 1 fully saturated rings. The summed E-state index contributed by atoms with van der Waals surface area (Å²) in [6.45, 7) is 3.73. The Balaban J connectivity index is 0.00000336. The fourth-order valence-electron chi connectivity index (χ4n) is 4.43. The van der Waals surface area contributed by atoms with Crippen molar-refractivity contribution in [2.75, 3.05) is 32.8 Å². The average molecular weight is 540 g/mol. The number of piperazine rings is 1. The van der Waals surface area contributed by atoms with Crippen molar-refractivity contribution in [3.63, 3.8) is 0 Å². The molecule has 1 aliphatic rings. The molecule has 0 spiro atoms. The molecule has 0 atom stereocenters. The topological polar surface area (TPSA) is 93.0 Å². The normalized spacial score (nSPS) is 13.2. The molecule has 4 aromatic rings. The van der Waals surface area contributed by atoms with E-state index in [-0.39, 0.29) is 29.9 Å². The molecule has 1 amide bonds. The maximum absolute atomic E-state index is 14.2. The van der Waals surface area contributed by atoms with Gasteiger partial charge in [-0.3, -0.25) is 9.36 Å². The van der Waals surface area contributed by atoms with Gasteiger partial charge in [-0.25, -0.2) is 9.18 Å². The van der Waals surface area contributed by atoms with Gasteiger partial charge in [0.15, 0.2) is 6.61 Å². The van der Waals surface area contributed by atoms with Gasteiger partial charge in [-0.1, -0.05) is 24.3 Å². The summed E-state index contributed by atoms with van der Waals surface area (Å²) >= 11 is 0. The molecular formula is C28H27ClFN3O5. The Morgan fingerprint density at radius 2 is 1.76 bits per heavy atom. The number of hydrogen-bond acceptors (Lipinski definition) is 5. The number of amides is 1. The number of fused-ring (bicyclic) bond motifs is 1. The van der Waals surface area contributed by atoms with Gasteiger partial charge in [0.05, 0.1) is 5.52 Å². The summed E-state index contributed by atoms with van der Waals surface area (Å²) < 4.78 is 27.8. The molecule has 2 heterocycles. The quantitative estimate of drug-likeness (QED) is 0.350. The second-order valence-electron chi connectivity index (χ2n) is 8.77. The van der Waals surface area contributed by atoms with E-state index in [2.05, 4.69) is 5.32 Å². The van der Waals surface area contributed by atoms with Gasteiger partial charge < -0.3 is 24.8 Å². The van der Waals surface area contributed by atoms with Gasteiger partial charge in [-0.05, 0) is 42.8 Å². The van der Waals surface area contributed by atoms with Crippen LogP contribution < -0.4 is 14.8 Å². The minimum Gasteiger partial charge on any atom is -0.482 e. The molecule has 0 aliphatic carbocycles. The number of carbonyl (C=O) groups excluding carboxylic acids is 1. The van der Waals surface area contributed by atoms with E-state index in [0.717, 1.165) is 0 Å². The van der Waals surface area contributed by atoms with E-state index in [1.165, 1.54) is 12.1 Å². The van der Waals surface area contributed by atoms with Crippen LogP contribution in [0.5, 0.6) is 17.4 Å². The van der Waals surface area contributed by atoms with Crippen molar-refractivity contribution in [2.45, 2.75) is 6.92 Å². The first kappa shape index (κ1) is 27.0. The van der Waals surface area contributed by atoms with Gasteiger partial charge in [0.2, 0.25) is 5.88 Å². The zero-order valence-electron chi connectivity index (χ0n) is 20.6. The van der Waals surface area contributed by atoms with Crippen molar-refractivity contribution >= 4 is 35.2 Å². The predicted molar refractivity (Wildman–Crippen MR) is 144 cm³/mol. The van der Waals surface area contributed by atoms with Crippen molar-refractivity contribution in [3.05, 3.63) is 83.7 Å². The standard InChI is InChI=1S/C28H26FN3O5.ClH/c1-18-7-8-19(29)15-24(18)37-28-26(27(35)31-13-11-30-12-14-31)22-10-9-21(36-17-25(33)34)16-23(22)32(28)20-5-3-2-4-6-20;/h2-10,15-16,30H,11-14,17H2,1H3,(H,33,34);1H. The number of benzene rings is 3. The number of nitrogens with zero attached hydrogens (tertiary/aromatic N) is 2. The van der Waals surface area contributed by atoms with Gasteiger partial charge in [0.1, 0.15) is 22.9 Å². The van der Waals surface area contributed by atoms with Crippen LogP contribution in [-0.2, 0) is 4.79 Å². The molecule has 1 saturated heterocycles. The van der Waals surface area contributed by atoms with Crippen molar-refractivity contribution < 1.29 is 28.6 Å². The van der Waals surface area contributed by atoms with Gasteiger partial charge >= 0.3 is 5.97 Å². The summed E-state index contributed by atoms with van der Waals surface area (Å²) in [5.41, 5.74) is 2.36. The first-order valence-electron chi connectivity index (χ1n) is 11.9. The number of halogens is 2. The molecule has 10 heteroatoms. The number of ether oxygens (including phenoxy) is 2. The minimum atomic E-state index is -1.10. The SMILES string of the molecule is Cc1ccc(F)cc1Oc1c(C(=O)N2CCNCC2)c2ccc(OCC(=O)O)cc2n1-c1ccccc1.Cl. The maximum Gasteiger partial charge on any atom is 0.341 e. The van der Waals surface area contributed by atoms with Gasteiger partial charge in [0.25, 0.3) is 5.91 Å². The number of carboxylic acid groups (broad SMARTS) is 1. The number of aryl methyl sites for hydroxylation is 1. The van der Waals surface area contributed by atoms with Gasteiger partial charge in [0, 0.05) is 49.4 Å². The molecule has 198 valence electrons. The zero-order chi connectivity index (χ0) is 25.9. The molecule has 5 rings (SSSR count). The molecule has 1 aliphatic heterocycles.